The van der Waals surface area contributed by atoms with Gasteiger partial charge in [-0.1, -0.05) is 44.3 Å². The van der Waals surface area contributed by atoms with E-state index in [4.69, 9.17) is 23.7 Å². The highest BCUT2D eigenvalue weighted by molar-refractivity contribution is 5.84. The van der Waals surface area contributed by atoms with Crippen LogP contribution in [0.4, 0.5) is 0 Å². The third kappa shape index (κ3) is 11.9. The Morgan fingerprint density at radius 2 is 1.54 bits per heavy atom. The number of carbonyl (C=O) groups is 1. The number of methoxy groups -OCH3 is 1. The fourth-order valence-corrected chi connectivity index (χ4v) is 6.23. The van der Waals surface area contributed by atoms with Crippen molar-refractivity contribution in [1.82, 2.24) is 0 Å². The van der Waals surface area contributed by atoms with Crippen LogP contribution in [0.3, 0.4) is 0 Å². The first-order valence-corrected chi connectivity index (χ1v) is 15.9. The van der Waals surface area contributed by atoms with Gasteiger partial charge in [-0.15, -0.1) is 0 Å². The molecule has 1 aliphatic carbocycles. The number of hydrogen-bond donors (Lipinski definition) is 3. The zero-order valence-corrected chi connectivity index (χ0v) is 25.1. The molecule has 9 heteroatoms. The van der Waals surface area contributed by atoms with Gasteiger partial charge in [0, 0.05) is 33.0 Å². The molecule has 0 aromatic carbocycles. The summed E-state index contributed by atoms with van der Waals surface area (Å²) in [5, 5.41) is 32.2. The third-order valence-corrected chi connectivity index (χ3v) is 8.68. The maximum absolute atomic E-state index is 12.3. The standard InChI is InChI=1S/C32H54O9/c1-23-16-17-24(13-7-5-3-4-6-10-18-37-2)25(23)21-26(33)27(34)22-28(40-29-14-8-11-19-38-29)31(32(35)36)41-30-15-9-12-20-39-30/h24-27,29-30,33-34H,1,3-22H2,2H3,(H,35,36)/t24-,25-,26+,27?,29?,30?/m0/s1. The van der Waals surface area contributed by atoms with Crippen LogP contribution in [0.25, 0.3) is 0 Å². The fraction of sp³-hybridized carbons (Fsp3) is 0.844. The van der Waals surface area contributed by atoms with Crippen LogP contribution in [0.2, 0.25) is 0 Å². The molecule has 2 heterocycles. The second-order valence-corrected chi connectivity index (χ2v) is 11.9. The first-order chi connectivity index (χ1) is 19.9. The molecule has 3 N–H and O–H groups in total. The van der Waals surface area contributed by atoms with Crippen molar-refractivity contribution in [3.05, 3.63) is 23.7 Å². The van der Waals surface area contributed by atoms with E-state index in [2.05, 4.69) is 6.58 Å². The van der Waals surface area contributed by atoms with Gasteiger partial charge in [0.15, 0.2) is 18.3 Å². The zero-order chi connectivity index (χ0) is 29.5. The number of carboxylic acid groups (broad SMARTS) is 1. The fourth-order valence-electron chi connectivity index (χ4n) is 6.23. The van der Waals surface area contributed by atoms with Crippen molar-refractivity contribution in [1.29, 1.82) is 0 Å². The van der Waals surface area contributed by atoms with E-state index in [1.165, 1.54) is 25.7 Å². The van der Waals surface area contributed by atoms with Crippen LogP contribution in [0.15, 0.2) is 23.7 Å². The number of hydrogen-bond acceptors (Lipinski definition) is 8. The molecule has 0 bridgehead atoms. The average Bonchev–Trinajstić information content (AvgIpc) is 3.32. The summed E-state index contributed by atoms with van der Waals surface area (Å²) in [6.07, 6.45) is 11.6. The molecule has 3 unspecified atom stereocenters. The van der Waals surface area contributed by atoms with Gasteiger partial charge in [-0.3, -0.25) is 0 Å². The number of aliphatic hydroxyl groups excluding tert-OH is 2. The van der Waals surface area contributed by atoms with Crippen LogP contribution in [0, 0.1) is 11.8 Å². The molecule has 0 aromatic rings. The predicted molar refractivity (Wildman–Crippen MR) is 155 cm³/mol. The minimum absolute atomic E-state index is 0.0163. The molecule has 2 saturated heterocycles. The molecule has 41 heavy (non-hydrogen) atoms. The lowest BCUT2D eigenvalue weighted by Gasteiger charge is -2.30. The lowest BCUT2D eigenvalue weighted by Crippen LogP contribution is -2.33. The SMILES string of the molecule is C=C1CC[C@H](CCCCCCCCOC)[C@H]1C[C@@H](O)C(O)CC(OC1CCCCO1)=C(OC1CCCCO1)C(=O)O. The van der Waals surface area contributed by atoms with Crippen molar-refractivity contribution < 1.29 is 43.8 Å². The molecular formula is C32H54O9. The molecule has 6 atom stereocenters. The monoisotopic (exact) mass is 582 g/mol. The Bertz CT molecular complexity index is 801. The van der Waals surface area contributed by atoms with Crippen LogP contribution in [0.1, 0.15) is 109 Å². The van der Waals surface area contributed by atoms with Gasteiger partial charge in [-0.25, -0.2) is 4.79 Å². The van der Waals surface area contributed by atoms with Crippen molar-refractivity contribution in [2.75, 3.05) is 26.9 Å². The number of allylic oxidation sites excluding steroid dienone is 1. The molecule has 2 aliphatic heterocycles. The van der Waals surface area contributed by atoms with Crippen molar-refractivity contribution in [3.8, 4) is 0 Å². The molecule has 0 amide bonds. The van der Waals surface area contributed by atoms with Crippen LogP contribution in [0.5, 0.6) is 0 Å². The number of aliphatic hydroxyl groups is 2. The Labute approximate surface area is 246 Å². The highest BCUT2D eigenvalue weighted by Gasteiger charge is 2.35. The zero-order valence-electron chi connectivity index (χ0n) is 25.1. The van der Waals surface area contributed by atoms with E-state index in [-0.39, 0.29) is 23.9 Å². The van der Waals surface area contributed by atoms with Crippen molar-refractivity contribution >= 4 is 5.97 Å². The van der Waals surface area contributed by atoms with Crippen LogP contribution < -0.4 is 0 Å². The minimum atomic E-state index is -1.30. The summed E-state index contributed by atoms with van der Waals surface area (Å²) in [7, 11) is 1.74. The normalized spacial score (nSPS) is 27.2. The van der Waals surface area contributed by atoms with Gasteiger partial charge in [-0.05, 0) is 69.6 Å². The molecule has 9 nitrogen and oxygen atoms in total. The number of ether oxygens (including phenoxy) is 5. The van der Waals surface area contributed by atoms with Crippen molar-refractivity contribution in [2.45, 2.75) is 134 Å². The van der Waals surface area contributed by atoms with Crippen LogP contribution >= 0.6 is 0 Å². The molecule has 0 radical (unpaired) electrons. The maximum Gasteiger partial charge on any atom is 0.374 e. The molecule has 0 spiro atoms. The van der Waals surface area contributed by atoms with E-state index in [1.807, 2.05) is 0 Å². The Kier molecular flexibility index (Phi) is 15.5. The van der Waals surface area contributed by atoms with Gasteiger partial charge in [0.1, 0.15) is 0 Å². The average molecular weight is 583 g/mol. The topological polar surface area (TPSA) is 124 Å². The van der Waals surface area contributed by atoms with Crippen LogP contribution in [-0.4, -0.2) is 73.0 Å². The van der Waals surface area contributed by atoms with Gasteiger partial charge in [0.05, 0.1) is 25.4 Å². The van der Waals surface area contributed by atoms with Gasteiger partial charge < -0.3 is 39.0 Å². The Hall–Kier alpha value is -1.65. The smallest absolute Gasteiger partial charge is 0.374 e. The lowest BCUT2D eigenvalue weighted by atomic mass is 9.84. The first kappa shape index (κ1) is 33.8. The van der Waals surface area contributed by atoms with Crippen molar-refractivity contribution in [2.24, 2.45) is 11.8 Å². The summed E-state index contributed by atoms with van der Waals surface area (Å²) < 4.78 is 28.2. The van der Waals surface area contributed by atoms with E-state index in [9.17, 15) is 20.1 Å². The number of carboxylic acids is 1. The predicted octanol–water partition coefficient (Wildman–Crippen LogP) is 5.83. The minimum Gasteiger partial charge on any atom is -0.475 e. The number of rotatable bonds is 19. The maximum atomic E-state index is 12.3. The molecule has 3 fully saturated rings. The highest BCUT2D eigenvalue weighted by Crippen LogP contribution is 2.42. The molecule has 236 valence electrons. The van der Waals surface area contributed by atoms with E-state index in [0.29, 0.717) is 38.4 Å². The van der Waals surface area contributed by atoms with E-state index < -0.39 is 30.8 Å². The second kappa shape index (κ2) is 18.8. The van der Waals surface area contributed by atoms with Gasteiger partial charge in [0.2, 0.25) is 5.76 Å². The summed E-state index contributed by atoms with van der Waals surface area (Å²) in [5.74, 6) is -1.11. The Morgan fingerprint density at radius 3 is 2.15 bits per heavy atom. The van der Waals surface area contributed by atoms with Crippen molar-refractivity contribution in [3.63, 3.8) is 0 Å². The summed E-state index contributed by atoms with van der Waals surface area (Å²) in [4.78, 5) is 12.3. The third-order valence-electron chi connectivity index (χ3n) is 8.68. The summed E-state index contributed by atoms with van der Waals surface area (Å²) in [5.41, 5.74) is 1.13. The van der Waals surface area contributed by atoms with E-state index in [1.54, 1.807) is 7.11 Å². The second-order valence-electron chi connectivity index (χ2n) is 11.9. The largest absolute Gasteiger partial charge is 0.475 e. The summed E-state index contributed by atoms with van der Waals surface area (Å²) >= 11 is 0. The highest BCUT2D eigenvalue weighted by atomic mass is 16.7. The van der Waals surface area contributed by atoms with Gasteiger partial charge in [0.25, 0.3) is 0 Å². The first-order valence-electron chi connectivity index (χ1n) is 15.9. The molecule has 3 aliphatic rings. The molecule has 3 rings (SSSR count). The summed E-state index contributed by atoms with van der Waals surface area (Å²) in [6, 6.07) is 0. The van der Waals surface area contributed by atoms with Crippen LogP contribution in [-0.2, 0) is 28.5 Å². The number of aliphatic carboxylic acids is 1. The Balaban J connectivity index is 1.58. The van der Waals surface area contributed by atoms with E-state index in [0.717, 1.165) is 70.0 Å². The molecule has 1 saturated carbocycles. The lowest BCUT2D eigenvalue weighted by molar-refractivity contribution is -0.172. The molecular weight excluding hydrogens is 528 g/mol. The van der Waals surface area contributed by atoms with E-state index >= 15 is 0 Å². The Morgan fingerprint density at radius 1 is 0.902 bits per heavy atom. The number of unbranched alkanes of at least 4 members (excludes halogenated alkanes) is 5. The quantitative estimate of drug-likeness (QED) is 0.0747. The summed E-state index contributed by atoms with van der Waals surface area (Å²) in [6.45, 7) is 6.13. The van der Waals surface area contributed by atoms with Gasteiger partial charge in [-0.2, -0.15) is 0 Å². The van der Waals surface area contributed by atoms with Gasteiger partial charge >= 0.3 is 5.97 Å². The molecule has 0 aromatic heterocycles.